The van der Waals surface area contributed by atoms with Crippen molar-refractivity contribution < 1.29 is 32.7 Å². The Hall–Kier alpha value is 1.10. The summed E-state index contributed by atoms with van der Waals surface area (Å²) in [7, 11) is 0. The maximum atomic E-state index is 2.25. The van der Waals surface area contributed by atoms with E-state index in [1.165, 1.54) is 12.8 Å². The molecule has 0 aromatic carbocycles. The Labute approximate surface area is 65.6 Å². The summed E-state index contributed by atoms with van der Waals surface area (Å²) < 4.78 is 0. The van der Waals surface area contributed by atoms with E-state index in [-0.39, 0.29) is 32.7 Å². The van der Waals surface area contributed by atoms with E-state index in [1.807, 2.05) is 0 Å². The van der Waals surface area contributed by atoms with Crippen molar-refractivity contribution in [2.24, 2.45) is 0 Å². The number of rotatable bonds is 2. The van der Waals surface area contributed by atoms with Gasteiger partial charge in [0.05, 0.1) is 0 Å². The molecule has 0 aliphatic rings. The molecule has 1 radical (unpaired) electrons. The monoisotopic (exact) mass is 160 g/mol. The fourth-order valence-corrected chi connectivity index (χ4v) is 0.289. The maximum absolute atomic E-state index is 2.25. The van der Waals surface area contributed by atoms with Crippen LogP contribution in [0.1, 0.15) is 26.7 Å². The molecule has 35 valence electrons. The molecule has 0 nitrogen and oxygen atoms in total. The molecule has 0 aliphatic heterocycles. The van der Waals surface area contributed by atoms with Gasteiger partial charge < -0.3 is 6.42 Å². The summed E-state index contributed by atoms with van der Waals surface area (Å²) >= 11 is 0. The van der Waals surface area contributed by atoms with Crippen LogP contribution in [0.3, 0.4) is 0 Å². The van der Waals surface area contributed by atoms with E-state index < -0.39 is 0 Å². The third kappa shape index (κ3) is 8.92. The molecule has 0 amide bonds. The maximum Gasteiger partial charge on any atom is 0 e. The van der Waals surface area contributed by atoms with Gasteiger partial charge in [-0.1, -0.05) is 13.8 Å². The van der Waals surface area contributed by atoms with Crippen molar-refractivity contribution in [2.75, 3.05) is 0 Å². The van der Waals surface area contributed by atoms with Gasteiger partial charge in [0.1, 0.15) is 0 Å². The summed E-state index contributed by atoms with van der Waals surface area (Å²) in [6, 6.07) is 0. The quantitative estimate of drug-likeness (QED) is 0.542. The van der Waals surface area contributed by atoms with Crippen molar-refractivity contribution >= 4 is 0 Å². The van der Waals surface area contributed by atoms with Crippen LogP contribution >= 0.6 is 0 Å². The predicted molar refractivity (Wildman–Crippen MR) is 24.9 cm³/mol. The molecular weight excluding hydrogens is 149 g/mol. The van der Waals surface area contributed by atoms with E-state index in [0.29, 0.717) is 0 Å². The van der Waals surface area contributed by atoms with E-state index in [9.17, 15) is 0 Å². The van der Waals surface area contributed by atoms with Gasteiger partial charge in [-0.3, -0.25) is 0 Å². The first-order valence-electron chi connectivity index (χ1n) is 2.23. The number of hydrogen-bond acceptors (Lipinski definition) is 0. The zero-order chi connectivity index (χ0) is 4.12. The van der Waals surface area contributed by atoms with Crippen LogP contribution in [0.15, 0.2) is 0 Å². The summed E-state index contributed by atoms with van der Waals surface area (Å²) in [5.41, 5.74) is 0. The standard InChI is InChI=1S/C5H11.Y/c1-3-5-4-2;/h5H,3-4H2,1-2H3;/q-1;. The van der Waals surface area contributed by atoms with Gasteiger partial charge in [-0.2, -0.15) is 12.8 Å². The first-order chi connectivity index (χ1) is 2.41. The molecule has 0 bridgehead atoms. The van der Waals surface area contributed by atoms with Gasteiger partial charge in [-0.25, -0.2) is 0 Å². The van der Waals surface area contributed by atoms with Crippen molar-refractivity contribution in [1.82, 2.24) is 0 Å². The number of unbranched alkanes of at least 4 members (excludes halogenated alkanes) is 2. The topological polar surface area (TPSA) is 0 Å². The van der Waals surface area contributed by atoms with Crippen molar-refractivity contribution in [3.8, 4) is 0 Å². The minimum Gasteiger partial charge on any atom is -0.329 e. The molecule has 0 spiro atoms. The van der Waals surface area contributed by atoms with Crippen molar-refractivity contribution in [1.29, 1.82) is 0 Å². The van der Waals surface area contributed by atoms with Crippen molar-refractivity contribution in [3.05, 3.63) is 6.42 Å². The van der Waals surface area contributed by atoms with Gasteiger partial charge in [0.2, 0.25) is 0 Å². The van der Waals surface area contributed by atoms with Crippen LogP contribution in [0.4, 0.5) is 0 Å². The molecule has 0 saturated heterocycles. The molecule has 6 heavy (non-hydrogen) atoms. The molecule has 0 atom stereocenters. The van der Waals surface area contributed by atoms with Crippen LogP contribution in [0.25, 0.3) is 0 Å². The Morgan fingerprint density at radius 3 is 1.50 bits per heavy atom. The average molecular weight is 160 g/mol. The second-order valence-electron chi connectivity index (χ2n) is 1.11. The first-order valence-corrected chi connectivity index (χ1v) is 2.23. The Morgan fingerprint density at radius 2 is 1.50 bits per heavy atom. The molecule has 0 N–H and O–H groups in total. The molecule has 0 fully saturated rings. The Kier molecular flexibility index (Phi) is 16.0. The molecule has 0 aromatic rings. The van der Waals surface area contributed by atoms with Gasteiger partial charge >= 0.3 is 0 Å². The molecule has 0 heterocycles. The van der Waals surface area contributed by atoms with Gasteiger partial charge in [-0.05, 0) is 0 Å². The fourth-order valence-electron chi connectivity index (χ4n) is 0.289. The van der Waals surface area contributed by atoms with Gasteiger partial charge in [0.15, 0.2) is 0 Å². The molecule has 1 heteroatoms. The van der Waals surface area contributed by atoms with Crippen LogP contribution in [0.2, 0.25) is 0 Å². The summed E-state index contributed by atoms with van der Waals surface area (Å²) in [6.45, 7) is 4.31. The zero-order valence-electron chi connectivity index (χ0n) is 4.57. The van der Waals surface area contributed by atoms with E-state index in [2.05, 4.69) is 20.3 Å². The van der Waals surface area contributed by atoms with Crippen LogP contribution < -0.4 is 0 Å². The Morgan fingerprint density at radius 1 is 1.17 bits per heavy atom. The molecule has 0 aliphatic carbocycles. The molecule has 0 aromatic heterocycles. The summed E-state index contributed by atoms with van der Waals surface area (Å²) in [4.78, 5) is 0. The molecular formula is C5H11Y-. The first kappa shape index (κ1) is 10.2. The van der Waals surface area contributed by atoms with Gasteiger partial charge in [-0.15, -0.1) is 0 Å². The summed E-state index contributed by atoms with van der Waals surface area (Å²) in [5.74, 6) is 0. The second kappa shape index (κ2) is 9.44. The normalized spacial score (nSPS) is 7.00. The average Bonchev–Trinajstić information content (AvgIpc) is 1.41. The van der Waals surface area contributed by atoms with E-state index in [1.54, 1.807) is 0 Å². The minimum atomic E-state index is 0. The van der Waals surface area contributed by atoms with Crippen molar-refractivity contribution in [3.63, 3.8) is 0 Å². The smallest absolute Gasteiger partial charge is 0 e. The van der Waals surface area contributed by atoms with E-state index >= 15 is 0 Å². The number of hydrogen-bond donors (Lipinski definition) is 0. The van der Waals surface area contributed by atoms with Crippen LogP contribution in [0, 0.1) is 6.42 Å². The zero-order valence-corrected chi connectivity index (χ0v) is 7.41. The van der Waals surface area contributed by atoms with Crippen molar-refractivity contribution in [2.45, 2.75) is 26.7 Å². The van der Waals surface area contributed by atoms with Gasteiger partial charge in [0.25, 0.3) is 0 Å². The van der Waals surface area contributed by atoms with E-state index in [0.717, 1.165) is 0 Å². The van der Waals surface area contributed by atoms with E-state index in [4.69, 9.17) is 0 Å². The summed E-state index contributed by atoms with van der Waals surface area (Å²) in [6.07, 6.45) is 4.69. The van der Waals surface area contributed by atoms with Crippen LogP contribution in [0.5, 0.6) is 0 Å². The molecule has 0 rings (SSSR count). The van der Waals surface area contributed by atoms with Crippen LogP contribution in [-0.4, -0.2) is 0 Å². The predicted octanol–water partition coefficient (Wildman–Crippen LogP) is 2.01. The second-order valence-corrected chi connectivity index (χ2v) is 1.11. The third-order valence-corrected chi connectivity index (χ3v) is 0.577. The summed E-state index contributed by atoms with van der Waals surface area (Å²) in [5, 5.41) is 0. The largest absolute Gasteiger partial charge is 0.329 e. The van der Waals surface area contributed by atoms with Crippen LogP contribution in [-0.2, 0) is 32.7 Å². The Balaban J connectivity index is 0. The fraction of sp³-hybridized carbons (Fsp3) is 0.800. The molecule has 0 unspecified atom stereocenters. The third-order valence-electron chi connectivity index (χ3n) is 0.577. The minimum absolute atomic E-state index is 0. The molecule has 0 saturated carbocycles. The van der Waals surface area contributed by atoms with Gasteiger partial charge in [0, 0.05) is 32.7 Å². The SMILES string of the molecule is CC[CH-]CC.[Y]. The Bertz CT molecular complexity index is 11.4.